The largest absolute Gasteiger partial charge is 1.00 e. The summed E-state index contributed by atoms with van der Waals surface area (Å²) in [7, 11) is -4.82. The smallest absolute Gasteiger partial charge is 0.550 e. The Balaban J connectivity index is -0.00000108. The van der Waals surface area contributed by atoms with Crippen LogP contribution >= 0.6 is 0 Å². The van der Waals surface area contributed by atoms with Crippen LogP contribution in [0.2, 0.25) is 0 Å². The van der Waals surface area contributed by atoms with E-state index in [0.29, 0.717) is 6.42 Å². The Bertz CT molecular complexity index is 509. The first-order chi connectivity index (χ1) is 13.7. The zero-order valence-electron chi connectivity index (χ0n) is 19.2. The molecule has 0 saturated heterocycles. The van der Waals surface area contributed by atoms with Crippen molar-refractivity contribution in [1.29, 1.82) is 0 Å². The molecule has 174 valence electrons. The van der Waals surface area contributed by atoms with E-state index in [-0.39, 0.29) is 36.2 Å². The maximum Gasteiger partial charge on any atom is 1.00 e. The molecule has 0 fully saturated rings. The summed E-state index contributed by atoms with van der Waals surface area (Å²) in [4.78, 5) is 22.0. The van der Waals surface area contributed by atoms with Gasteiger partial charge in [0.1, 0.15) is 0 Å². The van der Waals surface area contributed by atoms with Crippen LogP contribution in [-0.4, -0.2) is 50.0 Å². The number of unbranched alkanes of at least 4 members (excludes halogenated alkanes) is 9. The van der Waals surface area contributed by atoms with Gasteiger partial charge in [-0.05, 0) is 20.3 Å². The second-order valence-corrected chi connectivity index (χ2v) is 8.31. The van der Waals surface area contributed by atoms with Gasteiger partial charge >= 0.3 is 35.5 Å². The number of carbonyl (C=O) groups is 2. The summed E-state index contributed by atoms with van der Waals surface area (Å²) in [6.07, 6.45) is 9.90. The van der Waals surface area contributed by atoms with Crippen LogP contribution in [0.3, 0.4) is 0 Å². The van der Waals surface area contributed by atoms with E-state index in [0.717, 1.165) is 32.5 Å². The molecule has 0 radical (unpaired) electrons. The van der Waals surface area contributed by atoms with Crippen LogP contribution in [-0.2, 0) is 29.2 Å². The fraction of sp³-hybridized carbons (Fsp3) is 0.900. The van der Waals surface area contributed by atoms with Gasteiger partial charge in [-0.2, -0.15) is 8.42 Å². The average Bonchev–Trinajstić information content (AvgIpc) is 2.64. The summed E-state index contributed by atoms with van der Waals surface area (Å²) in [5.74, 6) is -2.99. The Labute approximate surface area is 204 Å². The zero-order chi connectivity index (χ0) is 22.5. The third-order valence-electron chi connectivity index (χ3n) is 4.12. The van der Waals surface area contributed by atoms with Crippen LogP contribution in [0.4, 0.5) is 0 Å². The van der Waals surface area contributed by atoms with Crippen molar-refractivity contribution in [2.75, 3.05) is 19.8 Å². The number of carboxylic acids is 1. The first-order valence-corrected chi connectivity index (χ1v) is 12.1. The molecule has 0 aromatic carbocycles. The third kappa shape index (κ3) is 24.1. The van der Waals surface area contributed by atoms with Gasteiger partial charge in [0.25, 0.3) is 10.1 Å². The molecule has 0 aliphatic heterocycles. The molecular formula is C20H39NaO8S. The molecule has 0 spiro atoms. The Hall–Kier alpha value is -0.190. The Morgan fingerprint density at radius 3 is 1.63 bits per heavy atom. The van der Waals surface area contributed by atoms with Crippen molar-refractivity contribution in [2.24, 2.45) is 0 Å². The van der Waals surface area contributed by atoms with Crippen molar-refractivity contribution in [3.05, 3.63) is 0 Å². The van der Waals surface area contributed by atoms with Gasteiger partial charge in [0.05, 0.1) is 6.61 Å². The number of carbonyl (C=O) groups excluding carboxylic acids is 2. The normalized spacial score (nSPS) is 11.6. The van der Waals surface area contributed by atoms with Crippen molar-refractivity contribution in [1.82, 2.24) is 0 Å². The molecular weight excluding hydrogens is 423 g/mol. The van der Waals surface area contributed by atoms with E-state index in [2.05, 4.69) is 6.92 Å². The Morgan fingerprint density at radius 2 is 1.30 bits per heavy atom. The predicted octanol–water partition coefficient (Wildman–Crippen LogP) is -0.106. The fourth-order valence-corrected chi connectivity index (χ4v) is 3.18. The molecule has 1 N–H and O–H groups in total. The monoisotopic (exact) mass is 462 g/mol. The van der Waals surface area contributed by atoms with Crippen LogP contribution in [0.25, 0.3) is 0 Å². The number of hydrogen-bond acceptors (Lipinski definition) is 7. The second-order valence-electron chi connectivity index (χ2n) is 6.71. The molecule has 0 amide bonds. The van der Waals surface area contributed by atoms with Crippen molar-refractivity contribution >= 4 is 22.1 Å². The molecule has 1 unspecified atom stereocenters. The van der Waals surface area contributed by atoms with Gasteiger partial charge in [-0.25, -0.2) is 0 Å². The minimum absolute atomic E-state index is 0. The SMILES string of the molecule is CCCCCCCCCCCCOC(=O)C(CC(=O)[O-])S(=O)(=O)O.CCOCC.[Na+]. The van der Waals surface area contributed by atoms with Crippen LogP contribution in [0.5, 0.6) is 0 Å². The molecule has 10 heteroatoms. The summed E-state index contributed by atoms with van der Waals surface area (Å²) in [6, 6.07) is 0. The minimum Gasteiger partial charge on any atom is -0.550 e. The van der Waals surface area contributed by atoms with Gasteiger partial charge < -0.3 is 19.4 Å². The predicted molar refractivity (Wildman–Crippen MR) is 110 cm³/mol. The first-order valence-electron chi connectivity index (χ1n) is 10.6. The molecule has 0 bridgehead atoms. The van der Waals surface area contributed by atoms with E-state index < -0.39 is 33.7 Å². The molecule has 0 aromatic heterocycles. The van der Waals surface area contributed by atoms with Gasteiger partial charge in [-0.15, -0.1) is 0 Å². The Morgan fingerprint density at radius 1 is 0.867 bits per heavy atom. The summed E-state index contributed by atoms with van der Waals surface area (Å²) in [5.41, 5.74) is 0. The first kappa shape index (κ1) is 34.4. The van der Waals surface area contributed by atoms with Gasteiger partial charge in [-0.1, -0.05) is 64.7 Å². The number of aliphatic carboxylic acids is 1. The summed E-state index contributed by atoms with van der Waals surface area (Å²) >= 11 is 0. The van der Waals surface area contributed by atoms with Crippen molar-refractivity contribution in [3.63, 3.8) is 0 Å². The average molecular weight is 463 g/mol. The van der Waals surface area contributed by atoms with Crippen molar-refractivity contribution in [2.45, 2.75) is 96.7 Å². The topological polar surface area (TPSA) is 130 Å². The van der Waals surface area contributed by atoms with Gasteiger partial charge in [0.2, 0.25) is 0 Å². The minimum atomic E-state index is -4.82. The number of hydrogen-bond donors (Lipinski definition) is 1. The van der Waals surface area contributed by atoms with Gasteiger partial charge in [0.15, 0.2) is 5.25 Å². The number of esters is 1. The molecule has 0 aliphatic rings. The van der Waals surface area contributed by atoms with Gasteiger partial charge in [0, 0.05) is 25.6 Å². The number of ether oxygens (including phenoxy) is 2. The fourth-order valence-electron chi connectivity index (χ4n) is 2.52. The van der Waals surface area contributed by atoms with Crippen molar-refractivity contribution in [3.8, 4) is 0 Å². The van der Waals surface area contributed by atoms with Crippen LogP contribution in [0, 0.1) is 0 Å². The maximum absolute atomic E-state index is 11.5. The van der Waals surface area contributed by atoms with Gasteiger partial charge in [-0.3, -0.25) is 9.35 Å². The Kier molecular flexibility index (Phi) is 26.9. The quantitative estimate of drug-likeness (QED) is 0.137. The van der Waals surface area contributed by atoms with E-state index in [4.69, 9.17) is 14.0 Å². The van der Waals surface area contributed by atoms with E-state index >= 15 is 0 Å². The number of carboxylic acid groups (broad SMARTS) is 1. The zero-order valence-corrected chi connectivity index (χ0v) is 22.0. The van der Waals surface area contributed by atoms with Crippen LogP contribution < -0.4 is 34.7 Å². The summed E-state index contributed by atoms with van der Waals surface area (Å²) < 4.78 is 40.4. The molecule has 0 aliphatic carbocycles. The molecule has 0 rings (SSSR count). The van der Waals surface area contributed by atoms with E-state index in [1.54, 1.807) is 0 Å². The third-order valence-corrected chi connectivity index (χ3v) is 5.20. The summed E-state index contributed by atoms with van der Waals surface area (Å²) in [5, 5.41) is 8.31. The second kappa shape index (κ2) is 23.5. The van der Waals surface area contributed by atoms with Crippen LogP contribution in [0.1, 0.15) is 91.4 Å². The van der Waals surface area contributed by atoms with E-state index in [9.17, 15) is 23.1 Å². The molecule has 0 aromatic rings. The van der Waals surface area contributed by atoms with E-state index in [1.165, 1.54) is 38.5 Å². The molecule has 8 nitrogen and oxygen atoms in total. The number of rotatable bonds is 17. The standard InChI is InChI=1S/C16H30O7S.C4H10O.Na/c1-2-3-4-5-6-7-8-9-10-11-12-23-16(19)14(13-15(17)18)24(20,21)22;1-3-5-4-2;/h14H,2-13H2,1H3,(H,17,18)(H,20,21,22);3-4H2,1-2H3;/q;;+1/p-1. The van der Waals surface area contributed by atoms with E-state index in [1.807, 2.05) is 13.8 Å². The van der Waals surface area contributed by atoms with Crippen molar-refractivity contribution < 1.29 is 66.7 Å². The maximum atomic E-state index is 11.5. The molecule has 0 heterocycles. The summed E-state index contributed by atoms with van der Waals surface area (Å²) in [6.45, 7) is 7.86. The van der Waals surface area contributed by atoms with Crippen LogP contribution in [0.15, 0.2) is 0 Å². The molecule has 1 atom stereocenters. The molecule has 0 saturated carbocycles. The molecule has 30 heavy (non-hydrogen) atoms.